The Kier molecular flexibility index (Phi) is 4.22. The van der Waals surface area contributed by atoms with Crippen molar-refractivity contribution in [2.75, 3.05) is 0 Å². The van der Waals surface area contributed by atoms with Crippen molar-refractivity contribution in [3.8, 4) is 0 Å². The lowest BCUT2D eigenvalue weighted by Crippen LogP contribution is -2.29. The number of carboxylic acids is 1. The first-order chi connectivity index (χ1) is 7.39. The van der Waals surface area contributed by atoms with E-state index in [0.29, 0.717) is 22.9 Å². The molecule has 0 radical (unpaired) electrons. The van der Waals surface area contributed by atoms with Crippen molar-refractivity contribution in [2.24, 2.45) is 5.41 Å². The van der Waals surface area contributed by atoms with E-state index >= 15 is 0 Å². The van der Waals surface area contributed by atoms with Crippen LogP contribution in [0.3, 0.4) is 0 Å². The van der Waals surface area contributed by atoms with Crippen LogP contribution in [0.15, 0.2) is 18.2 Å². The minimum absolute atomic E-state index is 0.387. The summed E-state index contributed by atoms with van der Waals surface area (Å²) in [5.41, 5.74) is -0.0187. The zero-order chi connectivity index (χ0) is 12.3. The van der Waals surface area contributed by atoms with Gasteiger partial charge in [0.1, 0.15) is 0 Å². The molecule has 4 heteroatoms. The Hall–Kier alpha value is -0.730. The molecule has 0 fully saturated rings. The number of carbonyl (C=O) groups is 1. The van der Waals surface area contributed by atoms with Crippen LogP contribution in [0.4, 0.5) is 0 Å². The minimum atomic E-state index is -0.814. The average molecular weight is 261 g/mol. The number of hydrogen-bond acceptors (Lipinski definition) is 1. The average Bonchev–Trinajstić information content (AvgIpc) is 2.23. The fraction of sp³-hybridized carbons (Fsp3) is 0.417. The summed E-state index contributed by atoms with van der Waals surface area (Å²) in [6, 6.07) is 5.11. The highest BCUT2D eigenvalue weighted by Gasteiger charge is 2.31. The van der Waals surface area contributed by atoms with E-state index in [0.717, 1.165) is 5.56 Å². The van der Waals surface area contributed by atoms with Gasteiger partial charge in [0.05, 0.1) is 5.41 Å². The zero-order valence-corrected chi connectivity index (χ0v) is 10.8. The quantitative estimate of drug-likeness (QED) is 0.888. The fourth-order valence-corrected chi connectivity index (χ4v) is 1.83. The highest BCUT2D eigenvalue weighted by molar-refractivity contribution is 6.33. The van der Waals surface area contributed by atoms with Gasteiger partial charge in [-0.3, -0.25) is 4.79 Å². The largest absolute Gasteiger partial charge is 0.481 e. The molecule has 1 N–H and O–H groups in total. The second-order valence-electron chi connectivity index (χ2n) is 4.13. The van der Waals surface area contributed by atoms with Crippen LogP contribution in [0, 0.1) is 5.41 Å². The summed E-state index contributed by atoms with van der Waals surface area (Å²) in [5.74, 6) is -0.814. The van der Waals surface area contributed by atoms with E-state index < -0.39 is 11.4 Å². The molecule has 1 unspecified atom stereocenters. The van der Waals surface area contributed by atoms with Crippen molar-refractivity contribution in [3.63, 3.8) is 0 Å². The Balaban J connectivity index is 3.03. The second-order valence-corrected chi connectivity index (χ2v) is 4.98. The lowest BCUT2D eigenvalue weighted by Gasteiger charge is -2.23. The molecule has 1 atom stereocenters. The van der Waals surface area contributed by atoms with E-state index in [-0.39, 0.29) is 0 Å². The van der Waals surface area contributed by atoms with Gasteiger partial charge in [-0.05, 0) is 43.5 Å². The number of hydrogen-bond donors (Lipinski definition) is 1. The van der Waals surface area contributed by atoms with Gasteiger partial charge in [0, 0.05) is 10.0 Å². The van der Waals surface area contributed by atoms with Gasteiger partial charge >= 0.3 is 5.97 Å². The van der Waals surface area contributed by atoms with Crippen molar-refractivity contribution < 1.29 is 9.90 Å². The summed E-state index contributed by atoms with van der Waals surface area (Å²) in [4.78, 5) is 11.2. The number of aliphatic carboxylic acids is 1. The van der Waals surface area contributed by atoms with E-state index in [1.54, 1.807) is 25.1 Å². The van der Waals surface area contributed by atoms with Crippen LogP contribution >= 0.6 is 23.2 Å². The Morgan fingerprint density at radius 3 is 2.56 bits per heavy atom. The maximum Gasteiger partial charge on any atom is 0.309 e. The van der Waals surface area contributed by atoms with Crippen molar-refractivity contribution in [1.82, 2.24) is 0 Å². The number of halogens is 2. The topological polar surface area (TPSA) is 37.3 Å². The van der Waals surface area contributed by atoms with Gasteiger partial charge < -0.3 is 5.11 Å². The summed E-state index contributed by atoms with van der Waals surface area (Å²) in [6.45, 7) is 3.57. The molecule has 1 aromatic rings. The van der Waals surface area contributed by atoms with E-state index in [1.165, 1.54) is 0 Å². The first-order valence-electron chi connectivity index (χ1n) is 5.06. The zero-order valence-electron chi connectivity index (χ0n) is 9.26. The predicted molar refractivity (Wildman–Crippen MR) is 66.2 cm³/mol. The maximum atomic E-state index is 11.2. The lowest BCUT2D eigenvalue weighted by atomic mass is 9.81. The molecule has 1 aromatic carbocycles. The molecular formula is C12H14Cl2O2. The molecule has 2 nitrogen and oxygen atoms in total. The van der Waals surface area contributed by atoms with Crippen molar-refractivity contribution >= 4 is 29.2 Å². The summed E-state index contributed by atoms with van der Waals surface area (Å²) >= 11 is 11.9. The summed E-state index contributed by atoms with van der Waals surface area (Å²) < 4.78 is 0. The highest BCUT2D eigenvalue weighted by Crippen LogP contribution is 2.31. The number of benzene rings is 1. The SMILES string of the molecule is CCC(C)(Cc1cc(Cl)ccc1Cl)C(=O)O. The van der Waals surface area contributed by atoms with Crippen LogP contribution in [-0.2, 0) is 11.2 Å². The Bertz CT molecular complexity index is 404. The molecule has 0 amide bonds. The standard InChI is InChI=1S/C12H14Cl2O2/c1-3-12(2,11(15)16)7-8-6-9(13)4-5-10(8)14/h4-6H,3,7H2,1-2H3,(H,15,16). The molecule has 0 bridgehead atoms. The molecule has 0 spiro atoms. The predicted octanol–water partition coefficient (Wildman–Crippen LogP) is 4.04. The van der Waals surface area contributed by atoms with Gasteiger partial charge in [0.15, 0.2) is 0 Å². The molecule has 0 saturated heterocycles. The molecule has 0 saturated carbocycles. The smallest absolute Gasteiger partial charge is 0.309 e. The fourth-order valence-electron chi connectivity index (χ4n) is 1.45. The Morgan fingerprint density at radius 1 is 1.44 bits per heavy atom. The van der Waals surface area contributed by atoms with Gasteiger partial charge in [-0.1, -0.05) is 30.1 Å². The first kappa shape index (κ1) is 13.3. The van der Waals surface area contributed by atoms with Gasteiger partial charge in [0.25, 0.3) is 0 Å². The molecule has 0 aliphatic heterocycles. The van der Waals surface area contributed by atoms with Crippen LogP contribution in [0.25, 0.3) is 0 Å². The van der Waals surface area contributed by atoms with E-state index in [4.69, 9.17) is 23.2 Å². The molecule has 0 aliphatic carbocycles. The Labute approximate surface area is 105 Å². The van der Waals surface area contributed by atoms with Crippen LogP contribution in [0.2, 0.25) is 10.0 Å². The first-order valence-corrected chi connectivity index (χ1v) is 5.82. The van der Waals surface area contributed by atoms with Crippen LogP contribution in [0.5, 0.6) is 0 Å². The number of rotatable bonds is 4. The van der Waals surface area contributed by atoms with Crippen molar-refractivity contribution in [1.29, 1.82) is 0 Å². The second kappa shape index (κ2) is 5.07. The summed E-state index contributed by atoms with van der Waals surface area (Å²) in [7, 11) is 0. The number of carboxylic acid groups (broad SMARTS) is 1. The third-order valence-electron chi connectivity index (χ3n) is 2.89. The molecule has 0 heterocycles. The van der Waals surface area contributed by atoms with Gasteiger partial charge in [-0.15, -0.1) is 0 Å². The highest BCUT2D eigenvalue weighted by atomic mass is 35.5. The molecule has 88 valence electrons. The normalized spacial score (nSPS) is 14.5. The van der Waals surface area contributed by atoms with Crippen molar-refractivity contribution in [2.45, 2.75) is 26.7 Å². The molecule has 16 heavy (non-hydrogen) atoms. The van der Waals surface area contributed by atoms with Gasteiger partial charge in [0.2, 0.25) is 0 Å². The molecule has 0 aromatic heterocycles. The van der Waals surface area contributed by atoms with Gasteiger partial charge in [-0.2, -0.15) is 0 Å². The van der Waals surface area contributed by atoms with Crippen LogP contribution in [0.1, 0.15) is 25.8 Å². The third kappa shape index (κ3) is 2.89. The third-order valence-corrected chi connectivity index (χ3v) is 3.49. The molecule has 1 rings (SSSR count). The lowest BCUT2D eigenvalue weighted by molar-refractivity contribution is -0.148. The minimum Gasteiger partial charge on any atom is -0.481 e. The van der Waals surface area contributed by atoms with Crippen LogP contribution in [-0.4, -0.2) is 11.1 Å². The molecule has 0 aliphatic rings. The maximum absolute atomic E-state index is 11.2. The summed E-state index contributed by atoms with van der Waals surface area (Å²) in [5, 5.41) is 10.3. The van der Waals surface area contributed by atoms with E-state index in [2.05, 4.69) is 0 Å². The monoisotopic (exact) mass is 260 g/mol. The van der Waals surface area contributed by atoms with Gasteiger partial charge in [-0.25, -0.2) is 0 Å². The van der Waals surface area contributed by atoms with Crippen molar-refractivity contribution in [3.05, 3.63) is 33.8 Å². The van der Waals surface area contributed by atoms with Crippen LogP contribution < -0.4 is 0 Å². The molecular weight excluding hydrogens is 247 g/mol. The van der Waals surface area contributed by atoms with E-state index in [1.807, 2.05) is 6.92 Å². The summed E-state index contributed by atoms with van der Waals surface area (Å²) in [6.07, 6.45) is 0.934. The Morgan fingerprint density at radius 2 is 2.06 bits per heavy atom. The van der Waals surface area contributed by atoms with E-state index in [9.17, 15) is 9.90 Å².